The van der Waals surface area contributed by atoms with Crippen molar-refractivity contribution in [2.45, 2.75) is 12.5 Å². The number of nitrogens with two attached hydrogens (primary N) is 1. The first-order chi connectivity index (χ1) is 8.97. The monoisotopic (exact) mass is 465 g/mol. The molecule has 0 aromatic heterocycles. The van der Waals surface area contributed by atoms with Crippen molar-refractivity contribution in [3.8, 4) is 0 Å². The first kappa shape index (κ1) is 15.5. The highest BCUT2D eigenvalue weighted by Gasteiger charge is 2.13. The number of hydrogen-bond acceptors (Lipinski definition) is 1. The molecule has 0 heterocycles. The van der Waals surface area contributed by atoms with E-state index in [1.807, 2.05) is 36.4 Å². The molecule has 2 rings (SSSR count). The van der Waals surface area contributed by atoms with Gasteiger partial charge in [-0.15, -0.1) is 0 Å². The van der Waals surface area contributed by atoms with E-state index in [2.05, 4.69) is 47.8 Å². The van der Waals surface area contributed by atoms with E-state index in [9.17, 15) is 0 Å². The van der Waals surface area contributed by atoms with E-state index in [-0.39, 0.29) is 6.04 Å². The third-order valence-corrected chi connectivity index (χ3v) is 4.87. The van der Waals surface area contributed by atoms with Gasteiger partial charge in [0.1, 0.15) is 0 Å². The molecule has 2 N–H and O–H groups in total. The minimum Gasteiger partial charge on any atom is -0.324 e. The van der Waals surface area contributed by atoms with Gasteiger partial charge in [0.05, 0.1) is 0 Å². The highest BCUT2D eigenvalue weighted by molar-refractivity contribution is 9.11. The zero-order chi connectivity index (χ0) is 14.0. The molecule has 0 saturated carbocycles. The van der Waals surface area contributed by atoms with Gasteiger partial charge in [0.2, 0.25) is 0 Å². The molecule has 0 amide bonds. The van der Waals surface area contributed by atoms with Gasteiger partial charge in [-0.3, -0.25) is 0 Å². The Morgan fingerprint density at radius 1 is 1.00 bits per heavy atom. The molecule has 100 valence electrons. The fourth-order valence-electron chi connectivity index (χ4n) is 1.83. The second-order valence-electron chi connectivity index (χ2n) is 4.21. The third-order valence-electron chi connectivity index (χ3n) is 2.81. The van der Waals surface area contributed by atoms with Crippen LogP contribution in [0.1, 0.15) is 17.2 Å². The molecule has 19 heavy (non-hydrogen) atoms. The lowest BCUT2D eigenvalue weighted by atomic mass is 10.00. The van der Waals surface area contributed by atoms with Crippen LogP contribution in [0.25, 0.3) is 0 Å². The van der Waals surface area contributed by atoms with Gasteiger partial charge in [-0.1, -0.05) is 65.5 Å². The fraction of sp³-hybridized carbons (Fsp3) is 0.143. The van der Waals surface area contributed by atoms with Crippen molar-refractivity contribution in [3.63, 3.8) is 0 Å². The summed E-state index contributed by atoms with van der Waals surface area (Å²) in [7, 11) is 0. The SMILES string of the molecule is NC(Cc1ccc(Br)cc1Cl)c1cc(Br)ccc1Br. The van der Waals surface area contributed by atoms with Crippen LogP contribution in [0.3, 0.4) is 0 Å². The second-order valence-corrected chi connectivity index (χ2v) is 7.31. The average Bonchev–Trinajstić information content (AvgIpc) is 2.35. The van der Waals surface area contributed by atoms with Crippen LogP contribution in [0.2, 0.25) is 5.02 Å². The molecule has 0 aliphatic heterocycles. The van der Waals surface area contributed by atoms with Crippen molar-refractivity contribution in [3.05, 3.63) is 66.0 Å². The molecule has 2 aromatic rings. The summed E-state index contributed by atoms with van der Waals surface area (Å²) in [4.78, 5) is 0. The zero-order valence-corrected chi connectivity index (χ0v) is 15.4. The molecule has 2 aromatic carbocycles. The first-order valence-corrected chi connectivity index (χ1v) is 8.37. The van der Waals surface area contributed by atoms with Crippen LogP contribution in [0, 0.1) is 0 Å². The van der Waals surface area contributed by atoms with Gasteiger partial charge in [0, 0.05) is 24.5 Å². The van der Waals surface area contributed by atoms with Crippen LogP contribution >= 0.6 is 59.4 Å². The molecule has 1 nitrogen and oxygen atoms in total. The molecule has 0 fully saturated rings. The summed E-state index contributed by atoms with van der Waals surface area (Å²) in [5.41, 5.74) is 8.39. The molecule has 0 aliphatic rings. The van der Waals surface area contributed by atoms with E-state index < -0.39 is 0 Å². The highest BCUT2D eigenvalue weighted by Crippen LogP contribution is 2.30. The largest absolute Gasteiger partial charge is 0.324 e. The van der Waals surface area contributed by atoms with Crippen molar-refractivity contribution in [2.75, 3.05) is 0 Å². The zero-order valence-electron chi connectivity index (χ0n) is 9.84. The summed E-state index contributed by atoms with van der Waals surface area (Å²) < 4.78 is 3.00. The summed E-state index contributed by atoms with van der Waals surface area (Å²) in [6.45, 7) is 0. The maximum Gasteiger partial charge on any atom is 0.0449 e. The second kappa shape index (κ2) is 6.72. The van der Waals surface area contributed by atoms with Crippen molar-refractivity contribution in [2.24, 2.45) is 5.73 Å². The summed E-state index contributed by atoms with van der Waals surface area (Å²) in [5.74, 6) is 0. The van der Waals surface area contributed by atoms with Gasteiger partial charge in [0.25, 0.3) is 0 Å². The van der Waals surface area contributed by atoms with Crippen LogP contribution in [-0.2, 0) is 6.42 Å². The summed E-state index contributed by atoms with van der Waals surface area (Å²) in [6.07, 6.45) is 0.696. The third kappa shape index (κ3) is 4.05. The minimum atomic E-state index is -0.106. The number of halogens is 4. The Balaban J connectivity index is 2.25. The highest BCUT2D eigenvalue weighted by atomic mass is 79.9. The van der Waals surface area contributed by atoms with E-state index >= 15 is 0 Å². The minimum absolute atomic E-state index is 0.106. The Labute approximate surface area is 142 Å². The van der Waals surface area contributed by atoms with Crippen molar-refractivity contribution in [1.29, 1.82) is 0 Å². The summed E-state index contributed by atoms with van der Waals surface area (Å²) in [5, 5.41) is 0.732. The maximum absolute atomic E-state index is 6.28. The Morgan fingerprint density at radius 3 is 2.32 bits per heavy atom. The van der Waals surface area contributed by atoms with Gasteiger partial charge in [-0.2, -0.15) is 0 Å². The van der Waals surface area contributed by atoms with Gasteiger partial charge in [-0.25, -0.2) is 0 Å². The van der Waals surface area contributed by atoms with Crippen molar-refractivity contribution < 1.29 is 0 Å². The van der Waals surface area contributed by atoms with E-state index in [1.54, 1.807) is 0 Å². The first-order valence-electron chi connectivity index (χ1n) is 5.62. The number of rotatable bonds is 3. The van der Waals surface area contributed by atoms with Gasteiger partial charge < -0.3 is 5.73 Å². The predicted octanol–water partition coefficient (Wildman–Crippen LogP) is 5.87. The van der Waals surface area contributed by atoms with E-state index in [0.717, 1.165) is 29.6 Å². The van der Waals surface area contributed by atoms with Crippen LogP contribution in [0.5, 0.6) is 0 Å². The van der Waals surface area contributed by atoms with Crippen LogP contribution in [0.4, 0.5) is 0 Å². The number of hydrogen-bond donors (Lipinski definition) is 1. The molecule has 1 atom stereocenters. The predicted molar refractivity (Wildman–Crippen MR) is 91.6 cm³/mol. The molecular formula is C14H11Br3ClN. The van der Waals surface area contributed by atoms with E-state index in [1.165, 1.54) is 0 Å². The van der Waals surface area contributed by atoms with Crippen molar-refractivity contribution >= 4 is 59.4 Å². The molecule has 0 radical (unpaired) electrons. The Hall–Kier alpha value is 0.130. The molecule has 0 saturated heterocycles. The van der Waals surface area contributed by atoms with Crippen LogP contribution < -0.4 is 5.73 Å². The molecule has 0 spiro atoms. The van der Waals surface area contributed by atoms with E-state index in [4.69, 9.17) is 17.3 Å². The van der Waals surface area contributed by atoms with Gasteiger partial charge >= 0.3 is 0 Å². The topological polar surface area (TPSA) is 26.0 Å². The quantitative estimate of drug-likeness (QED) is 0.599. The van der Waals surface area contributed by atoms with Crippen LogP contribution in [-0.4, -0.2) is 0 Å². The summed E-state index contributed by atoms with van der Waals surface area (Å²) in [6, 6.07) is 11.8. The van der Waals surface area contributed by atoms with Crippen LogP contribution in [0.15, 0.2) is 49.8 Å². The standard InChI is InChI=1S/C14H11Br3ClN/c15-9-3-4-12(17)11(6-9)14(19)5-8-1-2-10(16)7-13(8)18/h1-4,6-7,14H,5,19H2. The lowest BCUT2D eigenvalue weighted by Gasteiger charge is -2.15. The summed E-state index contributed by atoms with van der Waals surface area (Å²) >= 11 is 16.6. The van der Waals surface area contributed by atoms with Crippen molar-refractivity contribution in [1.82, 2.24) is 0 Å². The molecule has 0 aliphatic carbocycles. The van der Waals surface area contributed by atoms with Gasteiger partial charge in [-0.05, 0) is 47.9 Å². The normalized spacial score (nSPS) is 12.5. The number of benzene rings is 2. The fourth-order valence-corrected chi connectivity index (χ4v) is 3.50. The molecule has 1 unspecified atom stereocenters. The lowest BCUT2D eigenvalue weighted by molar-refractivity contribution is 0.718. The Bertz CT molecular complexity index is 601. The molecular weight excluding hydrogens is 457 g/mol. The smallest absolute Gasteiger partial charge is 0.0449 e. The average molecular weight is 468 g/mol. The van der Waals surface area contributed by atoms with E-state index in [0.29, 0.717) is 6.42 Å². The van der Waals surface area contributed by atoms with Gasteiger partial charge in [0.15, 0.2) is 0 Å². The molecule has 0 bridgehead atoms. The Kier molecular flexibility index (Phi) is 5.49. The lowest BCUT2D eigenvalue weighted by Crippen LogP contribution is -2.14. The maximum atomic E-state index is 6.28. The Morgan fingerprint density at radius 2 is 1.63 bits per heavy atom. The molecule has 5 heteroatoms.